The van der Waals surface area contributed by atoms with Gasteiger partial charge in [0.05, 0.1) is 11.9 Å². The van der Waals surface area contributed by atoms with E-state index < -0.39 is 0 Å². The van der Waals surface area contributed by atoms with Crippen molar-refractivity contribution >= 4 is 57.4 Å². The Balaban J connectivity index is 0.760. The summed E-state index contributed by atoms with van der Waals surface area (Å²) in [5.41, 5.74) is 8.56. The maximum absolute atomic E-state index is 13.3. The molecule has 3 fully saturated rings. The van der Waals surface area contributed by atoms with E-state index in [1.165, 1.54) is 0 Å². The number of amides is 4. The molecular weight excluding hydrogens is 697 g/mol. The van der Waals surface area contributed by atoms with Gasteiger partial charge in [-0.3, -0.25) is 24.7 Å². The molecule has 0 aliphatic carbocycles. The quantitative estimate of drug-likeness (QED) is 0.206. The summed E-state index contributed by atoms with van der Waals surface area (Å²) < 4.78 is 5.70. The van der Waals surface area contributed by atoms with Crippen LogP contribution in [-0.4, -0.2) is 108 Å². The van der Waals surface area contributed by atoms with Crippen LogP contribution in [0, 0.1) is 6.92 Å². The molecule has 6 heterocycles. The third kappa shape index (κ3) is 7.08. The van der Waals surface area contributed by atoms with Gasteiger partial charge in [0.25, 0.3) is 0 Å². The van der Waals surface area contributed by atoms with Gasteiger partial charge < -0.3 is 25.2 Å². The van der Waals surface area contributed by atoms with Gasteiger partial charge in [-0.15, -0.1) is 0 Å². The molecule has 0 bridgehead atoms. The van der Waals surface area contributed by atoms with Crippen LogP contribution in [0.3, 0.4) is 0 Å². The van der Waals surface area contributed by atoms with E-state index >= 15 is 0 Å². The van der Waals surface area contributed by atoms with Crippen LogP contribution in [-0.2, 0) is 16.0 Å². The number of pyridine rings is 1. The zero-order chi connectivity index (χ0) is 37.5. The lowest BCUT2D eigenvalue weighted by Crippen LogP contribution is -2.63. The Kier molecular flexibility index (Phi) is 9.10. The molecule has 280 valence electrons. The third-order valence-corrected chi connectivity index (χ3v) is 11.0. The number of anilines is 5. The molecule has 4 aliphatic rings. The van der Waals surface area contributed by atoms with E-state index in [0.717, 1.165) is 88.6 Å². The molecule has 3 aromatic carbocycles. The number of imide groups is 1. The van der Waals surface area contributed by atoms with Crippen molar-refractivity contribution in [3.05, 3.63) is 90.3 Å². The molecule has 14 heteroatoms. The average Bonchev–Trinajstić information content (AvgIpc) is 3.18. The number of piperazine rings is 1. The van der Waals surface area contributed by atoms with Crippen molar-refractivity contribution in [3.8, 4) is 17.0 Å². The number of benzene rings is 3. The Hall–Kier alpha value is -6.28. The van der Waals surface area contributed by atoms with Crippen molar-refractivity contribution in [1.29, 1.82) is 0 Å². The Morgan fingerprint density at radius 2 is 1.75 bits per heavy atom. The van der Waals surface area contributed by atoms with Gasteiger partial charge in [-0.05, 0) is 60.0 Å². The summed E-state index contributed by atoms with van der Waals surface area (Å²) in [6.07, 6.45) is 4.33. The second-order valence-corrected chi connectivity index (χ2v) is 14.5. The predicted molar refractivity (Wildman–Crippen MR) is 211 cm³/mol. The lowest BCUT2D eigenvalue weighted by atomic mass is 10.00. The van der Waals surface area contributed by atoms with Crippen LogP contribution >= 0.6 is 0 Å². The van der Waals surface area contributed by atoms with Crippen LogP contribution in [0.15, 0.2) is 79.1 Å². The first-order chi connectivity index (χ1) is 26.8. The minimum atomic E-state index is -0.372. The van der Waals surface area contributed by atoms with Crippen molar-refractivity contribution in [2.75, 3.05) is 79.4 Å². The molecular formula is C41H42N10O4. The number of urea groups is 1. The summed E-state index contributed by atoms with van der Waals surface area (Å²) in [6, 6.07) is 22.0. The summed E-state index contributed by atoms with van der Waals surface area (Å²) >= 11 is 0. The van der Waals surface area contributed by atoms with Gasteiger partial charge in [-0.1, -0.05) is 30.3 Å². The number of aromatic nitrogens is 3. The first-order valence-electron chi connectivity index (χ1n) is 18.8. The van der Waals surface area contributed by atoms with E-state index in [2.05, 4.69) is 60.8 Å². The normalized spacial score (nSPS) is 17.6. The number of carbonyl (C=O) groups excluding carboxylic acids is 3. The fourth-order valence-corrected chi connectivity index (χ4v) is 7.79. The number of hydrogen-bond donors (Lipinski definition) is 3. The molecule has 55 heavy (non-hydrogen) atoms. The van der Waals surface area contributed by atoms with E-state index in [-0.39, 0.29) is 17.8 Å². The molecule has 0 saturated carbocycles. The Morgan fingerprint density at radius 3 is 2.56 bits per heavy atom. The maximum Gasteiger partial charge on any atom is 0.328 e. The monoisotopic (exact) mass is 738 g/mol. The predicted octanol–water partition coefficient (Wildman–Crippen LogP) is 4.57. The van der Waals surface area contributed by atoms with Crippen LogP contribution in [0.25, 0.3) is 22.0 Å². The molecule has 3 N–H and O–H groups in total. The summed E-state index contributed by atoms with van der Waals surface area (Å²) in [6.45, 7) is 8.73. The van der Waals surface area contributed by atoms with Crippen molar-refractivity contribution in [1.82, 2.24) is 30.1 Å². The highest BCUT2D eigenvalue weighted by Crippen LogP contribution is 2.36. The first-order valence-corrected chi connectivity index (χ1v) is 18.8. The molecule has 4 amide bonds. The molecule has 9 rings (SSSR count). The summed E-state index contributed by atoms with van der Waals surface area (Å²) in [4.78, 5) is 59.4. The van der Waals surface area contributed by atoms with Crippen LogP contribution in [0.4, 0.5) is 33.5 Å². The average molecular weight is 739 g/mol. The highest BCUT2D eigenvalue weighted by atomic mass is 16.5. The number of carbonyl (C=O) groups is 3. The van der Waals surface area contributed by atoms with E-state index in [9.17, 15) is 14.4 Å². The smallest absolute Gasteiger partial charge is 0.328 e. The molecule has 5 aromatic rings. The number of rotatable bonds is 8. The zero-order valence-electron chi connectivity index (χ0n) is 30.6. The fourth-order valence-electron chi connectivity index (χ4n) is 7.79. The van der Waals surface area contributed by atoms with Gasteiger partial charge >= 0.3 is 6.03 Å². The standard InChI is InChI=1S/C41H42N10O4/c1-26-34(23-43-39-38(26)42-12-18-55-39)28-7-8-29-22-44-40(46-35(29)20-28)45-30-9-5-27(6-10-30)19-37(53)49-16-14-48(15-17-49)33-24-50(25-33)31-3-2-4-32(21-31)51-13-11-36(52)47-41(51)54/h2-10,20-23,33,42H,11-19,24-25H2,1H3,(H,44,45,46)(H,47,52,54). The maximum atomic E-state index is 13.3. The second kappa shape index (κ2) is 14.5. The largest absolute Gasteiger partial charge is 0.474 e. The van der Waals surface area contributed by atoms with Gasteiger partial charge in [0.2, 0.25) is 23.6 Å². The van der Waals surface area contributed by atoms with Crippen molar-refractivity contribution in [3.63, 3.8) is 0 Å². The van der Waals surface area contributed by atoms with Crippen molar-refractivity contribution in [2.45, 2.75) is 25.8 Å². The topological polar surface area (TPSA) is 148 Å². The van der Waals surface area contributed by atoms with Crippen molar-refractivity contribution < 1.29 is 19.1 Å². The van der Waals surface area contributed by atoms with Crippen LogP contribution < -0.4 is 30.5 Å². The lowest BCUT2D eigenvalue weighted by Gasteiger charge is -2.49. The first kappa shape index (κ1) is 34.5. The van der Waals surface area contributed by atoms with Crippen LogP contribution in [0.1, 0.15) is 17.5 Å². The van der Waals surface area contributed by atoms with E-state index in [1.54, 1.807) is 4.90 Å². The van der Waals surface area contributed by atoms with Gasteiger partial charge in [0, 0.05) is 105 Å². The molecule has 4 aliphatic heterocycles. The number of fused-ring (bicyclic) bond motifs is 2. The summed E-state index contributed by atoms with van der Waals surface area (Å²) in [5.74, 6) is 1.04. The molecule has 3 saturated heterocycles. The molecule has 0 spiro atoms. The van der Waals surface area contributed by atoms with E-state index in [4.69, 9.17) is 9.72 Å². The summed E-state index contributed by atoms with van der Waals surface area (Å²) in [5, 5.41) is 10.1. The molecule has 0 radical (unpaired) electrons. The lowest BCUT2D eigenvalue weighted by molar-refractivity contribution is -0.132. The molecule has 0 atom stereocenters. The van der Waals surface area contributed by atoms with Gasteiger partial charge in [-0.25, -0.2) is 19.7 Å². The second-order valence-electron chi connectivity index (χ2n) is 14.5. The van der Waals surface area contributed by atoms with E-state index in [0.29, 0.717) is 57.0 Å². The SMILES string of the molecule is Cc1c(-c2ccc3cnc(Nc4ccc(CC(=O)N5CCN(C6CN(c7cccc(N8CCC(=O)NC8=O)c7)C6)CC5)cc4)nc3c2)cnc2c1NCCO2. The Bertz CT molecular complexity index is 2290. The Morgan fingerprint density at radius 1 is 0.927 bits per heavy atom. The van der Waals surface area contributed by atoms with E-state index in [1.807, 2.05) is 65.8 Å². The van der Waals surface area contributed by atoms with Crippen molar-refractivity contribution in [2.24, 2.45) is 0 Å². The number of nitrogens with one attached hydrogen (secondary N) is 3. The van der Waals surface area contributed by atoms with Crippen LogP contribution in [0.5, 0.6) is 5.88 Å². The van der Waals surface area contributed by atoms with Gasteiger partial charge in [-0.2, -0.15) is 0 Å². The highest BCUT2D eigenvalue weighted by Gasteiger charge is 2.35. The number of nitrogens with zero attached hydrogens (tertiary/aromatic N) is 7. The highest BCUT2D eigenvalue weighted by molar-refractivity contribution is 6.05. The summed E-state index contributed by atoms with van der Waals surface area (Å²) in [7, 11) is 0. The molecule has 2 aromatic heterocycles. The minimum absolute atomic E-state index is 0.136. The molecule has 14 nitrogen and oxygen atoms in total. The molecule has 0 unspecified atom stereocenters. The van der Waals surface area contributed by atoms with Crippen LogP contribution in [0.2, 0.25) is 0 Å². The fraction of sp³-hybridized carbons (Fsp3) is 0.317. The van der Waals surface area contributed by atoms with Gasteiger partial charge in [0.15, 0.2) is 0 Å². The number of hydrogen-bond acceptors (Lipinski definition) is 11. The Labute approximate surface area is 318 Å². The third-order valence-electron chi connectivity index (χ3n) is 11.0. The minimum Gasteiger partial charge on any atom is -0.474 e. The zero-order valence-corrected chi connectivity index (χ0v) is 30.6. The number of ether oxygens (including phenoxy) is 1. The van der Waals surface area contributed by atoms with Gasteiger partial charge in [0.1, 0.15) is 12.3 Å².